The molecule has 1 N–H and O–H groups in total. The molecule has 1 aliphatic rings. The molecule has 3 heteroatoms. The fourth-order valence-electron chi connectivity index (χ4n) is 1.70. The van der Waals surface area contributed by atoms with Crippen molar-refractivity contribution in [1.82, 2.24) is 0 Å². The topological polar surface area (TPSA) is 54.4 Å². The molecule has 0 unspecified atom stereocenters. The number of aliphatic hydroxyl groups is 1. The molecule has 14 heavy (non-hydrogen) atoms. The monoisotopic (exact) mass is 190 g/mol. The third kappa shape index (κ3) is 1.36. The van der Waals surface area contributed by atoms with Crippen LogP contribution in [0.25, 0.3) is 0 Å². The lowest BCUT2D eigenvalue weighted by atomic mass is 10.0. The van der Waals surface area contributed by atoms with Crippen molar-refractivity contribution in [3.63, 3.8) is 0 Å². The fourth-order valence-corrected chi connectivity index (χ4v) is 1.70. The van der Waals surface area contributed by atoms with Crippen LogP contribution in [0, 0.1) is 0 Å². The normalized spacial score (nSPS) is 14.2. The highest BCUT2D eigenvalue weighted by molar-refractivity contribution is 6.04. The maximum absolute atomic E-state index is 11.4. The maximum Gasteiger partial charge on any atom is 0.188 e. The summed E-state index contributed by atoms with van der Waals surface area (Å²) < 4.78 is 0. The first-order valence-electron chi connectivity index (χ1n) is 4.52. The van der Waals surface area contributed by atoms with Crippen LogP contribution in [0.3, 0.4) is 0 Å². The SMILES string of the molecule is O=C(CO)c1ccc2c(c1)C(=O)CC2. The molecule has 3 nitrogen and oxygen atoms in total. The highest BCUT2D eigenvalue weighted by atomic mass is 16.3. The number of Topliss-reactive ketones (excluding diaryl/α,β-unsaturated/α-hetero) is 2. The predicted molar refractivity (Wildman–Crippen MR) is 50.5 cm³/mol. The quantitative estimate of drug-likeness (QED) is 0.707. The van der Waals surface area contributed by atoms with Crippen molar-refractivity contribution in [1.29, 1.82) is 0 Å². The summed E-state index contributed by atoms with van der Waals surface area (Å²) in [6.07, 6.45) is 1.30. The Morgan fingerprint density at radius 3 is 2.86 bits per heavy atom. The number of benzene rings is 1. The van der Waals surface area contributed by atoms with Crippen molar-refractivity contribution >= 4 is 11.6 Å². The van der Waals surface area contributed by atoms with Crippen molar-refractivity contribution < 1.29 is 14.7 Å². The van der Waals surface area contributed by atoms with Crippen LogP contribution in [0.4, 0.5) is 0 Å². The molecule has 0 fully saturated rings. The van der Waals surface area contributed by atoms with Gasteiger partial charge in [-0.2, -0.15) is 0 Å². The summed E-state index contributed by atoms with van der Waals surface area (Å²) in [5.41, 5.74) is 2.07. The second kappa shape index (κ2) is 3.35. The number of hydrogen-bond acceptors (Lipinski definition) is 3. The van der Waals surface area contributed by atoms with Crippen molar-refractivity contribution in [2.24, 2.45) is 0 Å². The minimum atomic E-state index is -0.507. The lowest BCUT2D eigenvalue weighted by molar-refractivity contribution is 0.0903. The molecule has 0 saturated carbocycles. The molecule has 1 aliphatic carbocycles. The van der Waals surface area contributed by atoms with Crippen molar-refractivity contribution in [3.8, 4) is 0 Å². The number of carbonyl (C=O) groups is 2. The molecule has 0 atom stereocenters. The Balaban J connectivity index is 2.44. The van der Waals surface area contributed by atoms with Gasteiger partial charge in [0.2, 0.25) is 0 Å². The number of hydrogen-bond donors (Lipinski definition) is 1. The van der Waals surface area contributed by atoms with E-state index < -0.39 is 6.61 Å². The Labute approximate surface area is 81.4 Å². The molecule has 0 spiro atoms. The Kier molecular flexibility index (Phi) is 2.17. The van der Waals surface area contributed by atoms with Gasteiger partial charge in [0.05, 0.1) is 0 Å². The Morgan fingerprint density at radius 2 is 2.14 bits per heavy atom. The van der Waals surface area contributed by atoms with Gasteiger partial charge in [-0.15, -0.1) is 0 Å². The van der Waals surface area contributed by atoms with Gasteiger partial charge in [-0.05, 0) is 18.1 Å². The molecule has 0 saturated heterocycles. The molecule has 1 aromatic rings. The summed E-state index contributed by atoms with van der Waals surface area (Å²) in [4.78, 5) is 22.5. The van der Waals surface area contributed by atoms with Crippen molar-refractivity contribution in [2.45, 2.75) is 12.8 Å². The van der Waals surface area contributed by atoms with Crippen molar-refractivity contribution in [3.05, 3.63) is 34.9 Å². The standard InChI is InChI=1S/C11H10O3/c12-6-11(14)8-2-1-7-3-4-10(13)9(7)5-8/h1-2,5,12H,3-4,6H2. The van der Waals surface area contributed by atoms with Crippen LogP contribution in [0.15, 0.2) is 18.2 Å². The summed E-state index contributed by atoms with van der Waals surface area (Å²) in [5.74, 6) is -0.250. The van der Waals surface area contributed by atoms with E-state index in [1.165, 1.54) is 0 Å². The zero-order valence-corrected chi connectivity index (χ0v) is 7.62. The molecule has 0 heterocycles. The fraction of sp³-hybridized carbons (Fsp3) is 0.273. The Bertz CT molecular complexity index is 407. The number of ketones is 2. The van der Waals surface area contributed by atoms with E-state index in [1.807, 2.05) is 0 Å². The summed E-state index contributed by atoms with van der Waals surface area (Å²) in [6.45, 7) is -0.507. The summed E-state index contributed by atoms with van der Waals surface area (Å²) in [7, 11) is 0. The van der Waals surface area contributed by atoms with Gasteiger partial charge >= 0.3 is 0 Å². The summed E-state index contributed by atoms with van der Waals surface area (Å²) in [6, 6.07) is 5.04. The first-order chi connectivity index (χ1) is 6.72. The molecular weight excluding hydrogens is 180 g/mol. The molecule has 0 aliphatic heterocycles. The number of aryl methyl sites for hydroxylation is 1. The van der Waals surface area contributed by atoms with E-state index in [0.29, 0.717) is 17.5 Å². The zero-order chi connectivity index (χ0) is 10.1. The largest absolute Gasteiger partial charge is 0.388 e. The number of aliphatic hydroxyl groups excluding tert-OH is 1. The third-order valence-electron chi connectivity index (χ3n) is 2.50. The Hall–Kier alpha value is -1.48. The van der Waals surface area contributed by atoms with Crippen LogP contribution in [-0.2, 0) is 6.42 Å². The van der Waals surface area contributed by atoms with E-state index in [4.69, 9.17) is 5.11 Å². The van der Waals surface area contributed by atoms with E-state index in [0.717, 1.165) is 12.0 Å². The lowest BCUT2D eigenvalue weighted by Crippen LogP contribution is -2.05. The highest BCUT2D eigenvalue weighted by Crippen LogP contribution is 2.22. The van der Waals surface area contributed by atoms with Gasteiger partial charge in [-0.3, -0.25) is 9.59 Å². The lowest BCUT2D eigenvalue weighted by Gasteiger charge is -2.00. The second-order valence-corrected chi connectivity index (χ2v) is 3.38. The van der Waals surface area contributed by atoms with E-state index >= 15 is 0 Å². The average Bonchev–Trinajstić information content (AvgIpc) is 2.59. The van der Waals surface area contributed by atoms with E-state index in [9.17, 15) is 9.59 Å². The first-order valence-corrected chi connectivity index (χ1v) is 4.52. The van der Waals surface area contributed by atoms with Gasteiger partial charge in [0, 0.05) is 17.5 Å². The Morgan fingerprint density at radius 1 is 1.36 bits per heavy atom. The zero-order valence-electron chi connectivity index (χ0n) is 7.62. The highest BCUT2D eigenvalue weighted by Gasteiger charge is 2.20. The summed E-state index contributed by atoms with van der Waals surface area (Å²) >= 11 is 0. The van der Waals surface area contributed by atoms with Crippen molar-refractivity contribution in [2.75, 3.05) is 6.61 Å². The van der Waals surface area contributed by atoms with Crippen LogP contribution < -0.4 is 0 Å². The number of fused-ring (bicyclic) bond motifs is 1. The number of carbonyl (C=O) groups excluding carboxylic acids is 2. The molecule has 0 bridgehead atoms. The molecule has 1 aromatic carbocycles. The van der Waals surface area contributed by atoms with Gasteiger partial charge in [-0.1, -0.05) is 12.1 Å². The average molecular weight is 190 g/mol. The third-order valence-corrected chi connectivity index (χ3v) is 2.50. The van der Waals surface area contributed by atoms with Gasteiger partial charge in [0.15, 0.2) is 11.6 Å². The van der Waals surface area contributed by atoms with E-state index in [2.05, 4.69) is 0 Å². The molecule has 0 amide bonds. The van der Waals surface area contributed by atoms with Gasteiger partial charge < -0.3 is 5.11 Å². The maximum atomic E-state index is 11.4. The first kappa shape index (κ1) is 9.09. The van der Waals surface area contributed by atoms with E-state index in [1.54, 1.807) is 18.2 Å². The molecule has 2 rings (SSSR count). The van der Waals surface area contributed by atoms with Gasteiger partial charge in [-0.25, -0.2) is 0 Å². The van der Waals surface area contributed by atoms with Crippen LogP contribution in [0.1, 0.15) is 32.7 Å². The predicted octanol–water partition coefficient (Wildman–Crippen LogP) is 0.990. The second-order valence-electron chi connectivity index (χ2n) is 3.38. The van der Waals surface area contributed by atoms with Gasteiger partial charge in [0.25, 0.3) is 0 Å². The van der Waals surface area contributed by atoms with Crippen LogP contribution >= 0.6 is 0 Å². The minimum Gasteiger partial charge on any atom is -0.388 e. The molecule has 0 radical (unpaired) electrons. The van der Waals surface area contributed by atoms with Gasteiger partial charge in [0.1, 0.15) is 6.61 Å². The smallest absolute Gasteiger partial charge is 0.188 e. The molecule has 0 aromatic heterocycles. The van der Waals surface area contributed by atoms with Crippen LogP contribution in [0.2, 0.25) is 0 Å². The van der Waals surface area contributed by atoms with E-state index in [-0.39, 0.29) is 11.6 Å². The minimum absolute atomic E-state index is 0.0904. The van der Waals surface area contributed by atoms with Crippen LogP contribution in [-0.4, -0.2) is 23.3 Å². The molecular formula is C11H10O3. The van der Waals surface area contributed by atoms with Crippen LogP contribution in [0.5, 0.6) is 0 Å². The summed E-state index contributed by atoms with van der Waals surface area (Å²) in [5, 5.41) is 8.67. The number of rotatable bonds is 2. The molecule has 72 valence electrons.